The van der Waals surface area contributed by atoms with Crippen LogP contribution in [0.3, 0.4) is 0 Å². The van der Waals surface area contributed by atoms with Crippen molar-refractivity contribution in [3.63, 3.8) is 0 Å². The van der Waals surface area contributed by atoms with Gasteiger partial charge in [-0.2, -0.15) is 0 Å². The van der Waals surface area contributed by atoms with E-state index >= 15 is 0 Å². The van der Waals surface area contributed by atoms with Crippen LogP contribution in [0.15, 0.2) is 6.07 Å². The van der Waals surface area contributed by atoms with E-state index in [1.807, 2.05) is 0 Å². The predicted molar refractivity (Wildman–Crippen MR) is 67.5 cm³/mol. The van der Waals surface area contributed by atoms with Gasteiger partial charge in [-0.15, -0.1) is 9.24 Å². The van der Waals surface area contributed by atoms with E-state index in [0.717, 1.165) is 0 Å². The lowest BCUT2D eigenvalue weighted by molar-refractivity contribution is 0.864. The number of rotatable bonds is 1. The van der Waals surface area contributed by atoms with Gasteiger partial charge in [0.15, 0.2) is 0 Å². The molecule has 70 valence electrons. The summed E-state index contributed by atoms with van der Waals surface area (Å²) >= 11 is 0. The van der Waals surface area contributed by atoms with Crippen LogP contribution in [0.1, 0.15) is 36.5 Å². The van der Waals surface area contributed by atoms with Gasteiger partial charge in [-0.05, 0) is 36.2 Å². The molecular weight excluding hydrogens is 174 g/mol. The molecule has 0 aromatic heterocycles. The second-order valence-electron chi connectivity index (χ2n) is 4.12. The Morgan fingerprint density at radius 3 is 2.23 bits per heavy atom. The Kier molecular flexibility index (Phi) is 3.19. The van der Waals surface area contributed by atoms with Crippen molar-refractivity contribution in [3.8, 4) is 0 Å². The fourth-order valence-electron chi connectivity index (χ4n) is 1.90. The van der Waals surface area contributed by atoms with Crippen molar-refractivity contribution >= 4 is 27.9 Å². The maximum absolute atomic E-state index is 2.88. The molecule has 0 heterocycles. The summed E-state index contributed by atoms with van der Waals surface area (Å²) in [4.78, 5) is 0. The van der Waals surface area contributed by atoms with Crippen molar-refractivity contribution in [2.75, 3.05) is 0 Å². The molecule has 0 fully saturated rings. The molecule has 1 rings (SSSR count). The van der Waals surface area contributed by atoms with Gasteiger partial charge < -0.3 is 0 Å². The lowest BCUT2D eigenvalue weighted by Gasteiger charge is -2.17. The van der Waals surface area contributed by atoms with Crippen LogP contribution in [-0.2, 0) is 0 Å². The smallest absolute Gasteiger partial charge is 0.106 e. The highest BCUT2D eigenvalue weighted by Gasteiger charge is 2.10. The van der Waals surface area contributed by atoms with Gasteiger partial charge >= 0.3 is 0 Å². The van der Waals surface area contributed by atoms with Gasteiger partial charge in [0.25, 0.3) is 0 Å². The summed E-state index contributed by atoms with van der Waals surface area (Å²) in [6.07, 6.45) is 0. The Balaban J connectivity index is 3.44. The molecule has 0 nitrogen and oxygen atoms in total. The molecule has 0 aliphatic rings. The fraction of sp³-hybridized carbons (Fsp3) is 0.455. The van der Waals surface area contributed by atoms with Gasteiger partial charge in [0, 0.05) is 0 Å². The molecule has 1 aromatic rings. The third-order valence-corrected chi connectivity index (χ3v) is 3.46. The largest absolute Gasteiger partial charge is 0.140 e. The van der Waals surface area contributed by atoms with Crippen LogP contribution in [0.4, 0.5) is 0 Å². The van der Waals surface area contributed by atoms with Gasteiger partial charge in [0.1, 0.15) is 7.85 Å². The van der Waals surface area contributed by atoms with Crippen molar-refractivity contribution in [3.05, 3.63) is 22.8 Å². The van der Waals surface area contributed by atoms with Gasteiger partial charge in [-0.25, -0.2) is 0 Å². The molecular formula is C11H18BP. The van der Waals surface area contributed by atoms with Crippen LogP contribution >= 0.6 is 9.24 Å². The average Bonchev–Trinajstić information content (AvgIpc) is 1.99. The van der Waals surface area contributed by atoms with E-state index in [0.29, 0.717) is 5.92 Å². The van der Waals surface area contributed by atoms with Crippen LogP contribution < -0.4 is 10.8 Å². The van der Waals surface area contributed by atoms with E-state index in [1.54, 1.807) is 0 Å². The van der Waals surface area contributed by atoms with E-state index in [9.17, 15) is 0 Å². The summed E-state index contributed by atoms with van der Waals surface area (Å²) in [5.74, 6) is 0.617. The second kappa shape index (κ2) is 3.84. The minimum atomic E-state index is 0.617. The van der Waals surface area contributed by atoms with Gasteiger partial charge in [0.2, 0.25) is 0 Å². The Morgan fingerprint density at radius 2 is 1.77 bits per heavy atom. The molecule has 0 spiro atoms. The standard InChI is InChI=1S/C11H18BP/c1-6(2)9-7(3)5-8(4)10(12)11(9)13/h5-6H,12-13H2,1-4H3. The lowest BCUT2D eigenvalue weighted by atomic mass is 9.84. The van der Waals surface area contributed by atoms with Crippen molar-refractivity contribution in [2.24, 2.45) is 0 Å². The molecule has 0 saturated carbocycles. The Bertz CT molecular complexity index is 329. The summed E-state index contributed by atoms with van der Waals surface area (Å²) < 4.78 is 0. The topological polar surface area (TPSA) is 0 Å². The van der Waals surface area contributed by atoms with Crippen LogP contribution in [0.5, 0.6) is 0 Å². The highest BCUT2D eigenvalue weighted by atomic mass is 31.0. The summed E-state index contributed by atoms with van der Waals surface area (Å²) in [5, 5.41) is 1.40. The minimum absolute atomic E-state index is 0.617. The first kappa shape index (κ1) is 10.8. The van der Waals surface area contributed by atoms with E-state index in [1.165, 1.54) is 27.5 Å². The van der Waals surface area contributed by atoms with Gasteiger partial charge in [0.05, 0.1) is 0 Å². The first-order valence-electron chi connectivity index (χ1n) is 4.81. The van der Waals surface area contributed by atoms with Crippen molar-refractivity contribution in [1.82, 2.24) is 0 Å². The van der Waals surface area contributed by atoms with Crippen LogP contribution in [0.2, 0.25) is 0 Å². The average molecular weight is 192 g/mol. The highest BCUT2D eigenvalue weighted by molar-refractivity contribution is 7.28. The molecule has 0 bridgehead atoms. The third-order valence-electron chi connectivity index (χ3n) is 2.72. The number of benzene rings is 1. The SMILES string of the molecule is Bc1c(C)cc(C)c(C(C)C)c1P. The summed E-state index contributed by atoms with van der Waals surface area (Å²) in [6.45, 7) is 8.89. The van der Waals surface area contributed by atoms with Crippen molar-refractivity contribution < 1.29 is 0 Å². The van der Waals surface area contributed by atoms with Crippen molar-refractivity contribution in [1.29, 1.82) is 0 Å². The van der Waals surface area contributed by atoms with E-state index in [-0.39, 0.29) is 0 Å². The molecule has 0 N–H and O–H groups in total. The summed E-state index contributed by atoms with van der Waals surface area (Å²) in [5.41, 5.74) is 5.72. The fourth-order valence-corrected chi connectivity index (χ4v) is 2.69. The molecule has 1 aromatic carbocycles. The van der Waals surface area contributed by atoms with Gasteiger partial charge in [-0.1, -0.05) is 30.9 Å². The van der Waals surface area contributed by atoms with Gasteiger partial charge in [-0.3, -0.25) is 0 Å². The zero-order chi connectivity index (χ0) is 10.2. The predicted octanol–water partition coefficient (Wildman–Crippen LogP) is 1.19. The van der Waals surface area contributed by atoms with Crippen LogP contribution in [-0.4, -0.2) is 7.85 Å². The Morgan fingerprint density at radius 1 is 1.23 bits per heavy atom. The first-order valence-corrected chi connectivity index (χ1v) is 5.39. The Labute approximate surface area is 84.7 Å². The molecule has 0 saturated heterocycles. The first-order chi connectivity index (χ1) is 5.95. The zero-order valence-corrected chi connectivity index (χ0v) is 10.4. The Hall–Kier alpha value is -0.285. The summed E-state index contributed by atoms with van der Waals surface area (Å²) in [6, 6.07) is 2.29. The highest BCUT2D eigenvalue weighted by Crippen LogP contribution is 2.18. The van der Waals surface area contributed by atoms with Crippen molar-refractivity contribution in [2.45, 2.75) is 33.6 Å². The maximum atomic E-state index is 2.88. The molecule has 1 atom stereocenters. The summed E-state index contributed by atoms with van der Waals surface area (Å²) in [7, 11) is 5.08. The number of hydrogen-bond donors (Lipinski definition) is 0. The normalized spacial score (nSPS) is 10.9. The van der Waals surface area contributed by atoms with E-state index in [2.05, 4.69) is 50.8 Å². The molecule has 0 aliphatic heterocycles. The third kappa shape index (κ3) is 1.97. The van der Waals surface area contributed by atoms with Crippen LogP contribution in [0, 0.1) is 13.8 Å². The molecule has 0 aliphatic carbocycles. The zero-order valence-electron chi connectivity index (χ0n) is 9.23. The van der Waals surface area contributed by atoms with Crippen LogP contribution in [0.25, 0.3) is 0 Å². The number of hydrogen-bond acceptors (Lipinski definition) is 0. The molecule has 2 heteroatoms. The van der Waals surface area contributed by atoms with E-state index in [4.69, 9.17) is 0 Å². The van der Waals surface area contributed by atoms with E-state index < -0.39 is 0 Å². The lowest BCUT2D eigenvalue weighted by Crippen LogP contribution is -2.27. The number of aryl methyl sites for hydroxylation is 2. The quantitative estimate of drug-likeness (QED) is 0.463. The monoisotopic (exact) mass is 192 g/mol. The molecule has 0 radical (unpaired) electrons. The molecule has 13 heavy (non-hydrogen) atoms. The molecule has 1 unspecified atom stereocenters. The second-order valence-corrected chi connectivity index (χ2v) is 4.69. The minimum Gasteiger partial charge on any atom is -0.106 e. The molecule has 0 amide bonds. The maximum Gasteiger partial charge on any atom is 0.140 e.